The van der Waals surface area contributed by atoms with E-state index in [1.807, 2.05) is 0 Å². The maximum Gasteiger partial charge on any atom is 0.0764 e. The highest BCUT2D eigenvalue weighted by molar-refractivity contribution is 6.05. The first kappa shape index (κ1) is 17.5. The summed E-state index contributed by atoms with van der Waals surface area (Å²) in [5.74, 6) is 0. The summed E-state index contributed by atoms with van der Waals surface area (Å²) in [4.78, 5) is 8.64. The zero-order chi connectivity index (χ0) is 18.1. The monoisotopic (exact) mass is 332 g/mol. The molecular weight excluding hydrogens is 304 g/mol. The molecule has 0 bridgehead atoms. The number of aromatic nitrogens is 1. The van der Waals surface area contributed by atoms with Crippen LogP contribution in [-0.2, 0) is 6.42 Å². The Morgan fingerprint density at radius 3 is 2.16 bits per heavy atom. The van der Waals surface area contributed by atoms with E-state index in [1.165, 1.54) is 44.8 Å². The van der Waals surface area contributed by atoms with Gasteiger partial charge in [-0.3, -0.25) is 4.99 Å². The van der Waals surface area contributed by atoms with E-state index in [9.17, 15) is 0 Å². The van der Waals surface area contributed by atoms with Gasteiger partial charge in [-0.05, 0) is 68.4 Å². The van der Waals surface area contributed by atoms with E-state index in [4.69, 9.17) is 4.99 Å². The Labute approximate surface area is 151 Å². The molecule has 1 N–H and O–H groups in total. The van der Waals surface area contributed by atoms with Crippen molar-refractivity contribution in [3.63, 3.8) is 0 Å². The van der Waals surface area contributed by atoms with Crippen LogP contribution in [0.1, 0.15) is 62.2 Å². The molecule has 0 unspecified atom stereocenters. The lowest BCUT2D eigenvalue weighted by molar-refractivity contribution is 1.08. The average molecular weight is 332 g/mol. The van der Waals surface area contributed by atoms with Crippen molar-refractivity contribution < 1.29 is 0 Å². The van der Waals surface area contributed by atoms with Crippen LogP contribution in [0, 0.1) is 13.8 Å². The number of nitrogens with one attached hydrogen (secondary N) is 1. The summed E-state index contributed by atoms with van der Waals surface area (Å²) in [6.45, 7) is 13.2. The predicted molar refractivity (Wildman–Crippen MR) is 108 cm³/mol. The minimum Gasteiger partial charge on any atom is -0.358 e. The van der Waals surface area contributed by atoms with Crippen molar-refractivity contribution in [3.8, 4) is 0 Å². The first-order valence-electron chi connectivity index (χ1n) is 9.23. The first-order valence-corrected chi connectivity index (χ1v) is 9.23. The molecule has 0 aliphatic carbocycles. The highest BCUT2D eigenvalue weighted by atomic mass is 14.8. The molecule has 1 aromatic heterocycles. The normalized spacial score (nSPS) is 16.5. The van der Waals surface area contributed by atoms with E-state index in [0.29, 0.717) is 0 Å². The fourth-order valence-corrected chi connectivity index (χ4v) is 4.07. The number of aliphatic imine (C=N–C) groups is 1. The fraction of sp³-hybridized carbons (Fsp3) is 0.348. The van der Waals surface area contributed by atoms with Gasteiger partial charge in [-0.15, -0.1) is 0 Å². The summed E-state index contributed by atoms with van der Waals surface area (Å²) >= 11 is 0. The van der Waals surface area contributed by atoms with E-state index < -0.39 is 0 Å². The van der Waals surface area contributed by atoms with Gasteiger partial charge in [0.15, 0.2) is 0 Å². The van der Waals surface area contributed by atoms with Gasteiger partial charge in [0.2, 0.25) is 0 Å². The molecular formula is C23H28N2. The average Bonchev–Trinajstić information content (AvgIpc) is 3.05. The molecule has 2 heterocycles. The molecule has 0 atom stereocenters. The van der Waals surface area contributed by atoms with Crippen molar-refractivity contribution in [2.45, 2.75) is 54.4 Å². The van der Waals surface area contributed by atoms with Gasteiger partial charge in [0.05, 0.1) is 11.4 Å². The number of H-pyrrole nitrogens is 1. The second-order valence-electron chi connectivity index (χ2n) is 6.83. The molecule has 3 rings (SSSR count). The highest BCUT2D eigenvalue weighted by Gasteiger charge is 2.24. The lowest BCUT2D eigenvalue weighted by Gasteiger charge is -2.12. The Kier molecular flexibility index (Phi) is 4.80. The number of rotatable bonds is 4. The van der Waals surface area contributed by atoms with Gasteiger partial charge in [-0.25, -0.2) is 0 Å². The van der Waals surface area contributed by atoms with Crippen LogP contribution in [0.3, 0.4) is 0 Å². The standard InChI is InChI=1S/C23H28N2/c1-7-19-14(3)22(24-16(19)5)21(18-12-10-9-11-13-18)23-15(4)20(8-2)17(6)25-23/h9-13,24H,7-8H2,1-6H3/b23-21+. The first-order chi connectivity index (χ1) is 12.0. The molecule has 0 radical (unpaired) electrons. The third kappa shape index (κ3) is 2.90. The minimum atomic E-state index is 1.02. The Balaban J connectivity index is 2.35. The molecule has 0 fully saturated rings. The molecule has 1 aromatic carbocycles. The van der Waals surface area contributed by atoms with Crippen LogP contribution in [0.25, 0.3) is 5.57 Å². The summed E-state index contributed by atoms with van der Waals surface area (Å²) < 4.78 is 0. The molecule has 25 heavy (non-hydrogen) atoms. The SMILES string of the molecule is CCC1=C(C)/C(=C(/c2ccccc2)c2[nH]c(C)c(CC)c2C)N=C1C. The smallest absolute Gasteiger partial charge is 0.0764 e. The number of hydrogen-bond donors (Lipinski definition) is 1. The van der Waals surface area contributed by atoms with E-state index >= 15 is 0 Å². The van der Waals surface area contributed by atoms with E-state index in [0.717, 1.165) is 24.3 Å². The molecule has 130 valence electrons. The topological polar surface area (TPSA) is 28.1 Å². The van der Waals surface area contributed by atoms with Crippen molar-refractivity contribution in [1.29, 1.82) is 0 Å². The summed E-state index contributed by atoms with van der Waals surface area (Å²) in [6.07, 6.45) is 2.07. The molecule has 0 amide bonds. The highest BCUT2D eigenvalue weighted by Crippen LogP contribution is 2.38. The van der Waals surface area contributed by atoms with Crippen LogP contribution < -0.4 is 0 Å². The Morgan fingerprint density at radius 2 is 1.64 bits per heavy atom. The molecule has 2 aromatic rings. The van der Waals surface area contributed by atoms with Gasteiger partial charge in [0.25, 0.3) is 0 Å². The maximum atomic E-state index is 4.98. The summed E-state index contributed by atoms with van der Waals surface area (Å²) in [6, 6.07) is 10.6. The zero-order valence-electron chi connectivity index (χ0n) is 16.2. The van der Waals surface area contributed by atoms with Crippen LogP contribution in [0.15, 0.2) is 52.2 Å². The third-order valence-corrected chi connectivity index (χ3v) is 5.37. The Bertz CT molecular complexity index is 890. The number of benzene rings is 1. The fourth-order valence-electron chi connectivity index (χ4n) is 4.07. The van der Waals surface area contributed by atoms with E-state index in [2.05, 4.69) is 76.9 Å². The molecule has 0 saturated heterocycles. The molecule has 2 heteroatoms. The lowest BCUT2D eigenvalue weighted by Crippen LogP contribution is -1.97. The number of hydrogen-bond acceptors (Lipinski definition) is 1. The van der Waals surface area contributed by atoms with Crippen LogP contribution in [0.2, 0.25) is 0 Å². The summed E-state index contributed by atoms with van der Waals surface area (Å²) in [5.41, 5.74) is 12.6. The Morgan fingerprint density at radius 1 is 0.960 bits per heavy atom. The van der Waals surface area contributed by atoms with Crippen molar-refractivity contribution in [3.05, 3.63) is 75.3 Å². The predicted octanol–water partition coefficient (Wildman–Crippen LogP) is 6.15. The summed E-state index contributed by atoms with van der Waals surface area (Å²) in [7, 11) is 0. The maximum absolute atomic E-state index is 4.98. The van der Waals surface area contributed by atoms with Crippen molar-refractivity contribution in [1.82, 2.24) is 4.98 Å². The molecule has 0 saturated carbocycles. The lowest BCUT2D eigenvalue weighted by atomic mass is 9.93. The molecule has 1 aliphatic rings. The third-order valence-electron chi connectivity index (χ3n) is 5.37. The van der Waals surface area contributed by atoms with E-state index in [1.54, 1.807) is 0 Å². The molecule has 0 spiro atoms. The van der Waals surface area contributed by atoms with E-state index in [-0.39, 0.29) is 0 Å². The van der Waals surface area contributed by atoms with Gasteiger partial charge >= 0.3 is 0 Å². The van der Waals surface area contributed by atoms with Crippen LogP contribution in [0.5, 0.6) is 0 Å². The molecule has 1 aliphatic heterocycles. The van der Waals surface area contributed by atoms with Gasteiger partial charge < -0.3 is 4.98 Å². The van der Waals surface area contributed by atoms with Gasteiger partial charge in [-0.1, -0.05) is 44.2 Å². The van der Waals surface area contributed by atoms with Crippen LogP contribution in [-0.4, -0.2) is 10.7 Å². The van der Waals surface area contributed by atoms with Gasteiger partial charge in [0.1, 0.15) is 0 Å². The minimum absolute atomic E-state index is 1.02. The van der Waals surface area contributed by atoms with Crippen molar-refractivity contribution in [2.75, 3.05) is 0 Å². The van der Waals surface area contributed by atoms with Crippen LogP contribution in [0.4, 0.5) is 0 Å². The van der Waals surface area contributed by atoms with Gasteiger partial charge in [-0.2, -0.15) is 0 Å². The quantitative estimate of drug-likeness (QED) is 0.695. The number of aryl methyl sites for hydroxylation is 1. The number of aromatic amines is 1. The number of allylic oxidation sites excluding steroid dienone is 2. The second-order valence-corrected chi connectivity index (χ2v) is 6.83. The Hall–Kier alpha value is -2.35. The number of nitrogens with zero attached hydrogens (tertiary/aromatic N) is 1. The summed E-state index contributed by atoms with van der Waals surface area (Å²) in [5, 5.41) is 0. The van der Waals surface area contributed by atoms with Crippen LogP contribution >= 0.6 is 0 Å². The second kappa shape index (κ2) is 6.87. The van der Waals surface area contributed by atoms with Crippen molar-refractivity contribution >= 4 is 11.3 Å². The zero-order valence-corrected chi connectivity index (χ0v) is 16.2. The van der Waals surface area contributed by atoms with Gasteiger partial charge in [0, 0.05) is 17.0 Å². The molecule has 2 nitrogen and oxygen atoms in total. The largest absolute Gasteiger partial charge is 0.358 e. The van der Waals surface area contributed by atoms with Crippen molar-refractivity contribution in [2.24, 2.45) is 4.99 Å².